The predicted octanol–water partition coefficient (Wildman–Crippen LogP) is 4.59. The Balaban J connectivity index is 2.03. The Morgan fingerprint density at radius 2 is 1.33 bits per heavy atom. The van der Waals surface area contributed by atoms with Crippen LogP contribution in [0.5, 0.6) is 5.75 Å². The first-order valence-corrected chi connectivity index (χ1v) is 7.56. The Morgan fingerprint density at radius 3 is 1.86 bits per heavy atom. The first-order valence-electron chi connectivity index (χ1n) is 7.56. The number of hydrogen-bond acceptors (Lipinski definition) is 2. The minimum Gasteiger partial charge on any atom is -0.489 e. The van der Waals surface area contributed by atoms with Crippen LogP contribution >= 0.6 is 0 Å². The van der Waals surface area contributed by atoms with Crippen molar-refractivity contribution in [2.45, 2.75) is 45.8 Å². The molecule has 0 aromatic heterocycles. The summed E-state index contributed by atoms with van der Waals surface area (Å²) >= 11 is 0. The molecule has 0 aliphatic heterocycles. The fourth-order valence-corrected chi connectivity index (χ4v) is 2.28. The highest BCUT2D eigenvalue weighted by Gasteiger charge is 2.16. The molecule has 112 valence electrons. The highest BCUT2D eigenvalue weighted by Crippen LogP contribution is 2.23. The molecule has 0 aliphatic rings. The van der Waals surface area contributed by atoms with Crippen molar-refractivity contribution in [2.75, 3.05) is 0 Å². The van der Waals surface area contributed by atoms with E-state index < -0.39 is 0 Å². The van der Waals surface area contributed by atoms with Gasteiger partial charge in [-0.25, -0.2) is 0 Å². The van der Waals surface area contributed by atoms with Crippen molar-refractivity contribution in [3.8, 4) is 5.75 Å². The van der Waals surface area contributed by atoms with Gasteiger partial charge >= 0.3 is 0 Å². The summed E-state index contributed by atoms with van der Waals surface area (Å²) in [5, 5.41) is 0. The molecule has 0 radical (unpaired) electrons. The molecule has 21 heavy (non-hydrogen) atoms. The van der Waals surface area contributed by atoms with E-state index in [9.17, 15) is 0 Å². The van der Waals surface area contributed by atoms with Gasteiger partial charge in [0.05, 0.1) is 6.04 Å². The molecule has 2 heteroatoms. The second-order valence-electron chi connectivity index (χ2n) is 5.98. The van der Waals surface area contributed by atoms with E-state index >= 15 is 0 Å². The molecule has 0 aliphatic carbocycles. The average Bonchev–Trinajstić information content (AvgIpc) is 2.47. The number of benzene rings is 2. The van der Waals surface area contributed by atoms with Crippen LogP contribution in [0, 0.1) is 6.92 Å². The lowest BCUT2D eigenvalue weighted by atomic mass is 10.0. The minimum atomic E-state index is -0.129. The molecule has 0 spiro atoms. The SMILES string of the molecule is Cc1ccc(C(N)C(C)Oc2ccc(C(C)C)cc2)cc1. The van der Waals surface area contributed by atoms with Crippen molar-refractivity contribution in [1.29, 1.82) is 0 Å². The molecular formula is C19H25NO. The first-order chi connectivity index (χ1) is 9.97. The maximum Gasteiger partial charge on any atom is 0.119 e. The zero-order valence-electron chi connectivity index (χ0n) is 13.3. The number of ether oxygens (including phenoxy) is 1. The zero-order valence-corrected chi connectivity index (χ0v) is 13.3. The van der Waals surface area contributed by atoms with E-state index in [2.05, 4.69) is 57.2 Å². The molecule has 0 fully saturated rings. The highest BCUT2D eigenvalue weighted by molar-refractivity contribution is 5.30. The van der Waals surface area contributed by atoms with Gasteiger partial charge in [-0.05, 0) is 43.0 Å². The third-order valence-electron chi connectivity index (χ3n) is 3.84. The van der Waals surface area contributed by atoms with E-state index in [1.807, 2.05) is 19.1 Å². The van der Waals surface area contributed by atoms with Crippen molar-refractivity contribution >= 4 is 0 Å². The fraction of sp³-hybridized carbons (Fsp3) is 0.368. The lowest BCUT2D eigenvalue weighted by Gasteiger charge is -2.22. The summed E-state index contributed by atoms with van der Waals surface area (Å²) in [6, 6.07) is 16.5. The van der Waals surface area contributed by atoms with Crippen LogP contribution in [-0.2, 0) is 0 Å². The Labute approximate surface area is 127 Å². The summed E-state index contributed by atoms with van der Waals surface area (Å²) in [6.07, 6.45) is -0.0717. The molecule has 0 saturated carbocycles. The van der Waals surface area contributed by atoms with Crippen LogP contribution in [0.4, 0.5) is 0 Å². The second kappa shape index (κ2) is 6.77. The van der Waals surface area contributed by atoms with E-state index in [4.69, 9.17) is 10.5 Å². The van der Waals surface area contributed by atoms with Crippen molar-refractivity contribution in [1.82, 2.24) is 0 Å². The minimum absolute atomic E-state index is 0.0717. The van der Waals surface area contributed by atoms with Gasteiger partial charge in [-0.15, -0.1) is 0 Å². The molecule has 2 unspecified atom stereocenters. The summed E-state index contributed by atoms with van der Waals surface area (Å²) in [4.78, 5) is 0. The normalized spacial score (nSPS) is 14.0. The van der Waals surface area contributed by atoms with Gasteiger partial charge in [0.15, 0.2) is 0 Å². The smallest absolute Gasteiger partial charge is 0.119 e. The Morgan fingerprint density at radius 1 is 0.810 bits per heavy atom. The quantitative estimate of drug-likeness (QED) is 0.871. The topological polar surface area (TPSA) is 35.2 Å². The summed E-state index contributed by atoms with van der Waals surface area (Å²) < 4.78 is 5.97. The van der Waals surface area contributed by atoms with Crippen LogP contribution in [0.1, 0.15) is 49.4 Å². The highest BCUT2D eigenvalue weighted by atomic mass is 16.5. The van der Waals surface area contributed by atoms with Gasteiger partial charge in [0, 0.05) is 0 Å². The van der Waals surface area contributed by atoms with Crippen molar-refractivity contribution in [3.05, 3.63) is 65.2 Å². The van der Waals surface area contributed by atoms with Crippen molar-refractivity contribution < 1.29 is 4.74 Å². The third-order valence-corrected chi connectivity index (χ3v) is 3.84. The van der Waals surface area contributed by atoms with E-state index in [0.29, 0.717) is 5.92 Å². The second-order valence-corrected chi connectivity index (χ2v) is 5.98. The van der Waals surface area contributed by atoms with Gasteiger partial charge in [-0.3, -0.25) is 0 Å². The molecule has 2 aromatic carbocycles. The summed E-state index contributed by atoms with van der Waals surface area (Å²) in [6.45, 7) is 8.46. The number of rotatable bonds is 5. The zero-order chi connectivity index (χ0) is 15.4. The van der Waals surface area contributed by atoms with Crippen LogP contribution < -0.4 is 10.5 Å². The van der Waals surface area contributed by atoms with E-state index in [0.717, 1.165) is 11.3 Å². The van der Waals surface area contributed by atoms with E-state index in [-0.39, 0.29) is 12.1 Å². The van der Waals surface area contributed by atoms with Crippen LogP contribution in [0.15, 0.2) is 48.5 Å². The molecule has 0 saturated heterocycles. The lowest BCUT2D eigenvalue weighted by Crippen LogP contribution is -2.28. The molecular weight excluding hydrogens is 258 g/mol. The summed E-state index contributed by atoms with van der Waals surface area (Å²) in [5.74, 6) is 1.40. The predicted molar refractivity (Wildman–Crippen MR) is 88.7 cm³/mol. The van der Waals surface area contributed by atoms with Crippen LogP contribution in [-0.4, -0.2) is 6.10 Å². The molecule has 2 N–H and O–H groups in total. The lowest BCUT2D eigenvalue weighted by molar-refractivity contribution is 0.190. The largest absolute Gasteiger partial charge is 0.489 e. The fourth-order valence-electron chi connectivity index (χ4n) is 2.28. The summed E-state index contributed by atoms with van der Waals surface area (Å²) in [7, 11) is 0. The molecule has 0 amide bonds. The first kappa shape index (κ1) is 15.6. The Bertz CT molecular complexity index is 557. The maximum absolute atomic E-state index is 6.29. The number of nitrogens with two attached hydrogens (primary N) is 1. The van der Waals surface area contributed by atoms with E-state index in [1.54, 1.807) is 0 Å². The monoisotopic (exact) mass is 283 g/mol. The van der Waals surface area contributed by atoms with Crippen LogP contribution in [0.25, 0.3) is 0 Å². The van der Waals surface area contributed by atoms with Crippen molar-refractivity contribution in [3.63, 3.8) is 0 Å². The van der Waals surface area contributed by atoms with Crippen molar-refractivity contribution in [2.24, 2.45) is 5.73 Å². The van der Waals surface area contributed by atoms with Crippen LogP contribution in [0.3, 0.4) is 0 Å². The van der Waals surface area contributed by atoms with E-state index in [1.165, 1.54) is 11.1 Å². The Kier molecular flexibility index (Phi) is 5.03. The standard InChI is InChI=1S/C19H25NO/c1-13(2)16-9-11-18(12-10-16)21-15(4)19(20)17-7-5-14(3)6-8-17/h5-13,15,19H,20H2,1-4H3. The van der Waals surface area contributed by atoms with Gasteiger partial charge in [0.25, 0.3) is 0 Å². The van der Waals surface area contributed by atoms with Gasteiger partial charge < -0.3 is 10.5 Å². The molecule has 2 nitrogen and oxygen atoms in total. The van der Waals surface area contributed by atoms with Gasteiger partial charge in [-0.1, -0.05) is 55.8 Å². The summed E-state index contributed by atoms with van der Waals surface area (Å²) in [5.41, 5.74) is 9.95. The molecule has 2 aromatic rings. The number of aryl methyl sites for hydroxylation is 1. The molecule has 2 rings (SSSR count). The molecule has 0 bridgehead atoms. The van der Waals surface area contributed by atoms with Gasteiger partial charge in [0.2, 0.25) is 0 Å². The molecule has 2 atom stereocenters. The Hall–Kier alpha value is -1.80. The third kappa shape index (κ3) is 4.08. The molecule has 0 heterocycles. The van der Waals surface area contributed by atoms with Gasteiger partial charge in [0.1, 0.15) is 11.9 Å². The average molecular weight is 283 g/mol. The van der Waals surface area contributed by atoms with Gasteiger partial charge in [-0.2, -0.15) is 0 Å². The van der Waals surface area contributed by atoms with Crippen LogP contribution in [0.2, 0.25) is 0 Å². The maximum atomic E-state index is 6.29. The number of hydrogen-bond donors (Lipinski definition) is 1.